The van der Waals surface area contributed by atoms with Crippen molar-refractivity contribution in [1.82, 2.24) is 10.1 Å². The molecule has 7 heteroatoms. The van der Waals surface area contributed by atoms with Gasteiger partial charge in [-0.1, -0.05) is 35.0 Å². The summed E-state index contributed by atoms with van der Waals surface area (Å²) in [7, 11) is 0. The lowest BCUT2D eigenvalue weighted by Crippen LogP contribution is -2.16. The van der Waals surface area contributed by atoms with Gasteiger partial charge in [0.25, 0.3) is 5.91 Å². The van der Waals surface area contributed by atoms with Crippen LogP contribution >= 0.6 is 11.6 Å². The number of hydrogen-bond acceptors (Lipinski definition) is 5. The van der Waals surface area contributed by atoms with Gasteiger partial charge in [-0.2, -0.15) is 0 Å². The van der Waals surface area contributed by atoms with E-state index >= 15 is 0 Å². The molecule has 1 amide bonds. The summed E-state index contributed by atoms with van der Waals surface area (Å²) >= 11 is 6.06. The lowest BCUT2D eigenvalue weighted by atomic mass is 10.2. The van der Waals surface area contributed by atoms with Gasteiger partial charge in [0.15, 0.2) is 5.69 Å². The number of halogens is 1. The highest BCUT2D eigenvalue weighted by molar-refractivity contribution is 6.32. The summed E-state index contributed by atoms with van der Waals surface area (Å²) in [4.78, 5) is 16.4. The third-order valence-corrected chi connectivity index (χ3v) is 3.63. The Kier molecular flexibility index (Phi) is 4.77. The number of rotatable bonds is 5. The highest BCUT2D eigenvalue weighted by Crippen LogP contribution is 2.25. The first-order valence-electron chi connectivity index (χ1n) is 7.20. The van der Waals surface area contributed by atoms with E-state index < -0.39 is 5.91 Å². The van der Waals surface area contributed by atoms with E-state index in [1.54, 1.807) is 43.5 Å². The van der Waals surface area contributed by atoms with Gasteiger partial charge >= 0.3 is 0 Å². The van der Waals surface area contributed by atoms with Gasteiger partial charge in [0.05, 0.1) is 10.6 Å². The van der Waals surface area contributed by atoms with Gasteiger partial charge < -0.3 is 14.6 Å². The molecule has 0 aliphatic carbocycles. The zero-order chi connectivity index (χ0) is 16.9. The fourth-order valence-electron chi connectivity index (χ4n) is 2.06. The highest BCUT2D eigenvalue weighted by atomic mass is 35.5. The van der Waals surface area contributed by atoms with Crippen molar-refractivity contribution >= 4 is 23.3 Å². The monoisotopic (exact) mass is 343 g/mol. The smallest absolute Gasteiger partial charge is 0.279 e. The topological polar surface area (TPSA) is 77.3 Å². The first-order valence-corrected chi connectivity index (χ1v) is 7.58. The van der Waals surface area contributed by atoms with Gasteiger partial charge in [0, 0.05) is 6.20 Å². The standard InChI is InChI=1S/C17H14ClN3O3/c1-11-12(10-23-14-7-3-2-6-13(14)18)16(21-24-11)17(22)20-15-8-4-5-9-19-15/h2-9H,10H2,1H3,(H,19,20,22). The Morgan fingerprint density at radius 2 is 2.04 bits per heavy atom. The Bertz CT molecular complexity index is 849. The Hall–Kier alpha value is -2.86. The summed E-state index contributed by atoms with van der Waals surface area (Å²) in [6, 6.07) is 12.3. The van der Waals surface area contributed by atoms with Gasteiger partial charge in [0.2, 0.25) is 0 Å². The molecule has 0 fully saturated rings. The van der Waals surface area contributed by atoms with Crippen molar-refractivity contribution in [3.05, 3.63) is 70.7 Å². The maximum atomic E-state index is 12.4. The molecule has 0 unspecified atom stereocenters. The number of amides is 1. The lowest BCUT2D eigenvalue weighted by molar-refractivity contribution is 0.101. The summed E-state index contributed by atoms with van der Waals surface area (Å²) in [5, 5.41) is 6.98. The van der Waals surface area contributed by atoms with Crippen LogP contribution in [0, 0.1) is 6.92 Å². The summed E-state index contributed by atoms with van der Waals surface area (Å²) in [6.07, 6.45) is 1.59. The normalized spacial score (nSPS) is 10.4. The van der Waals surface area contributed by atoms with Gasteiger partial charge in [-0.3, -0.25) is 4.79 Å². The number of nitrogens with one attached hydrogen (secondary N) is 1. The van der Waals surface area contributed by atoms with Crippen molar-refractivity contribution in [1.29, 1.82) is 0 Å². The maximum absolute atomic E-state index is 12.4. The molecule has 0 aliphatic heterocycles. The number of nitrogens with zero attached hydrogens (tertiary/aromatic N) is 2. The molecule has 24 heavy (non-hydrogen) atoms. The number of aromatic nitrogens is 2. The van der Waals surface area contributed by atoms with Crippen LogP contribution in [-0.4, -0.2) is 16.0 Å². The number of benzene rings is 1. The van der Waals surface area contributed by atoms with Crippen molar-refractivity contribution < 1.29 is 14.1 Å². The fourth-order valence-corrected chi connectivity index (χ4v) is 2.25. The third-order valence-electron chi connectivity index (χ3n) is 3.31. The number of ether oxygens (including phenoxy) is 1. The van der Waals surface area contributed by atoms with Crippen LogP contribution in [0.3, 0.4) is 0 Å². The maximum Gasteiger partial charge on any atom is 0.279 e. The van der Waals surface area contributed by atoms with Crippen LogP contribution in [0.2, 0.25) is 5.02 Å². The van der Waals surface area contributed by atoms with Crippen LogP contribution in [0.15, 0.2) is 53.2 Å². The fraction of sp³-hybridized carbons (Fsp3) is 0.118. The van der Waals surface area contributed by atoms with Crippen LogP contribution in [0.1, 0.15) is 21.8 Å². The number of pyridine rings is 1. The quantitative estimate of drug-likeness (QED) is 0.761. The van der Waals surface area contributed by atoms with Crippen LogP contribution in [0.4, 0.5) is 5.82 Å². The molecule has 0 aliphatic rings. The third kappa shape index (κ3) is 3.55. The minimum Gasteiger partial charge on any atom is -0.487 e. The van der Waals surface area contributed by atoms with Crippen LogP contribution in [-0.2, 0) is 6.61 Å². The van der Waals surface area contributed by atoms with Gasteiger partial charge in [-0.05, 0) is 31.2 Å². The molecule has 0 spiro atoms. The second-order valence-corrected chi connectivity index (χ2v) is 5.36. The van der Waals surface area contributed by atoms with E-state index in [1.807, 2.05) is 12.1 Å². The van der Waals surface area contributed by atoms with Gasteiger partial charge in [-0.25, -0.2) is 4.98 Å². The molecule has 0 saturated heterocycles. The molecule has 6 nitrogen and oxygen atoms in total. The molecule has 3 aromatic rings. The second-order valence-electron chi connectivity index (χ2n) is 4.95. The number of anilines is 1. The highest BCUT2D eigenvalue weighted by Gasteiger charge is 2.21. The average Bonchev–Trinajstić information content (AvgIpc) is 2.96. The van der Waals surface area contributed by atoms with Crippen molar-refractivity contribution in [2.24, 2.45) is 0 Å². The molecule has 0 saturated carbocycles. The Morgan fingerprint density at radius 1 is 1.25 bits per heavy atom. The van der Waals surface area contributed by atoms with E-state index in [0.29, 0.717) is 27.9 Å². The predicted molar refractivity (Wildman–Crippen MR) is 89.2 cm³/mol. The number of carbonyl (C=O) groups is 1. The van der Waals surface area contributed by atoms with Crippen molar-refractivity contribution in [3.63, 3.8) is 0 Å². The van der Waals surface area contributed by atoms with Crippen molar-refractivity contribution in [3.8, 4) is 5.75 Å². The molecule has 122 valence electrons. The Balaban J connectivity index is 1.76. The molecule has 0 atom stereocenters. The predicted octanol–water partition coefficient (Wildman–Crippen LogP) is 3.86. The molecular formula is C17H14ClN3O3. The number of aryl methyl sites for hydroxylation is 1. The first kappa shape index (κ1) is 16.0. The number of hydrogen-bond donors (Lipinski definition) is 1. The molecule has 3 rings (SSSR count). The Morgan fingerprint density at radius 3 is 2.79 bits per heavy atom. The van der Waals surface area contributed by atoms with Crippen molar-refractivity contribution in [2.45, 2.75) is 13.5 Å². The second kappa shape index (κ2) is 7.14. The van der Waals surface area contributed by atoms with Gasteiger partial charge in [-0.15, -0.1) is 0 Å². The van der Waals surface area contributed by atoms with Crippen molar-refractivity contribution in [2.75, 3.05) is 5.32 Å². The molecule has 0 radical (unpaired) electrons. The van der Waals surface area contributed by atoms with E-state index in [0.717, 1.165) is 0 Å². The molecule has 2 aromatic heterocycles. The molecule has 2 heterocycles. The van der Waals surface area contributed by atoms with E-state index in [-0.39, 0.29) is 12.3 Å². The zero-order valence-electron chi connectivity index (χ0n) is 12.8. The van der Waals surface area contributed by atoms with Gasteiger partial charge in [0.1, 0.15) is 23.9 Å². The van der Waals surface area contributed by atoms with Crippen LogP contribution < -0.4 is 10.1 Å². The van der Waals surface area contributed by atoms with E-state index in [2.05, 4.69) is 15.5 Å². The van der Waals surface area contributed by atoms with E-state index in [1.165, 1.54) is 0 Å². The Labute approximate surface area is 143 Å². The summed E-state index contributed by atoms with van der Waals surface area (Å²) in [5.41, 5.74) is 0.716. The average molecular weight is 344 g/mol. The SMILES string of the molecule is Cc1onc(C(=O)Nc2ccccn2)c1COc1ccccc1Cl. The molecule has 1 N–H and O–H groups in total. The number of para-hydroxylation sites is 1. The minimum atomic E-state index is -0.414. The van der Waals surface area contributed by atoms with Crippen LogP contribution in [0.5, 0.6) is 5.75 Å². The summed E-state index contributed by atoms with van der Waals surface area (Å²) in [5.74, 6) is 1.05. The first-order chi connectivity index (χ1) is 11.6. The number of carbonyl (C=O) groups excluding carboxylic acids is 1. The largest absolute Gasteiger partial charge is 0.487 e. The summed E-state index contributed by atoms with van der Waals surface area (Å²) in [6.45, 7) is 1.83. The lowest BCUT2D eigenvalue weighted by Gasteiger charge is -2.08. The van der Waals surface area contributed by atoms with E-state index in [4.69, 9.17) is 20.9 Å². The zero-order valence-corrected chi connectivity index (χ0v) is 13.6. The van der Waals surface area contributed by atoms with Crippen LogP contribution in [0.25, 0.3) is 0 Å². The minimum absolute atomic E-state index is 0.115. The molecular weight excluding hydrogens is 330 g/mol. The molecule has 0 bridgehead atoms. The molecule has 1 aromatic carbocycles. The summed E-state index contributed by atoms with van der Waals surface area (Å²) < 4.78 is 10.8. The van der Waals surface area contributed by atoms with E-state index in [9.17, 15) is 4.79 Å².